The molecule has 1 amide bonds. The van der Waals surface area contributed by atoms with E-state index in [0.29, 0.717) is 21.6 Å². The number of aryl methyl sites for hydroxylation is 2. The fourth-order valence-electron chi connectivity index (χ4n) is 3.05. The van der Waals surface area contributed by atoms with Crippen LogP contribution in [0.15, 0.2) is 32.0 Å². The number of rotatable bonds is 3. The molecule has 0 N–H and O–H groups in total. The van der Waals surface area contributed by atoms with E-state index in [1.807, 2.05) is 0 Å². The number of furan rings is 1. The van der Waals surface area contributed by atoms with E-state index in [0.717, 1.165) is 22.5 Å². The quantitative estimate of drug-likeness (QED) is 0.702. The van der Waals surface area contributed by atoms with Crippen molar-refractivity contribution in [3.8, 4) is 0 Å². The van der Waals surface area contributed by atoms with Gasteiger partial charge in [-0.2, -0.15) is 4.31 Å². The smallest absolute Gasteiger partial charge is 0.258 e. The number of hydrogen-bond donors (Lipinski definition) is 0. The van der Waals surface area contributed by atoms with Gasteiger partial charge in [0.15, 0.2) is 4.90 Å². The number of sulfonamides is 1. The predicted molar refractivity (Wildman–Crippen MR) is 96.9 cm³/mol. The van der Waals surface area contributed by atoms with E-state index >= 15 is 0 Å². The highest BCUT2D eigenvalue weighted by atomic mass is 79.9. The third-order valence-corrected chi connectivity index (χ3v) is 7.35. The largest absolute Gasteiger partial charge is 0.465 e. The highest BCUT2D eigenvalue weighted by molar-refractivity contribution is 9.10. The number of amides is 1. The maximum atomic E-state index is 13.9. The van der Waals surface area contributed by atoms with Crippen molar-refractivity contribution in [1.29, 1.82) is 0 Å². The summed E-state index contributed by atoms with van der Waals surface area (Å²) in [4.78, 5) is 13.3. The molecular weight excluding hydrogens is 446 g/mol. The van der Waals surface area contributed by atoms with Crippen molar-refractivity contribution in [2.75, 3.05) is 26.2 Å². The molecule has 0 spiro atoms. The van der Waals surface area contributed by atoms with E-state index in [9.17, 15) is 22.0 Å². The lowest BCUT2D eigenvalue weighted by molar-refractivity contribution is 0.0695. The zero-order valence-electron chi connectivity index (χ0n) is 14.6. The van der Waals surface area contributed by atoms with Gasteiger partial charge >= 0.3 is 0 Å². The van der Waals surface area contributed by atoms with E-state index in [-0.39, 0.29) is 32.1 Å². The second-order valence-electron chi connectivity index (χ2n) is 6.15. The lowest BCUT2D eigenvalue weighted by Gasteiger charge is -2.34. The topological polar surface area (TPSA) is 70.8 Å². The minimum absolute atomic E-state index is 0.0602. The molecule has 146 valence electrons. The van der Waals surface area contributed by atoms with Crippen LogP contribution < -0.4 is 0 Å². The molecule has 27 heavy (non-hydrogen) atoms. The number of piperazine rings is 1. The maximum absolute atomic E-state index is 13.9. The van der Waals surface area contributed by atoms with Gasteiger partial charge in [0, 0.05) is 26.2 Å². The molecule has 0 saturated carbocycles. The average molecular weight is 463 g/mol. The fraction of sp³-hybridized carbons (Fsp3) is 0.353. The molecule has 10 heteroatoms. The van der Waals surface area contributed by atoms with Gasteiger partial charge in [-0.1, -0.05) is 6.07 Å². The summed E-state index contributed by atoms with van der Waals surface area (Å²) >= 11 is 3.33. The Labute approximate surface area is 163 Å². The number of benzene rings is 1. The zero-order valence-corrected chi connectivity index (χ0v) is 17.0. The molecule has 0 radical (unpaired) electrons. The van der Waals surface area contributed by atoms with E-state index in [1.165, 1.54) is 4.90 Å². The molecule has 1 saturated heterocycles. The van der Waals surface area contributed by atoms with Gasteiger partial charge in [-0.25, -0.2) is 17.2 Å². The molecule has 0 atom stereocenters. The Hall–Kier alpha value is -1.78. The number of carbonyl (C=O) groups is 1. The third-order valence-electron chi connectivity index (χ3n) is 4.44. The van der Waals surface area contributed by atoms with Crippen molar-refractivity contribution in [3.05, 3.63) is 51.4 Å². The molecule has 0 unspecified atom stereocenters. The van der Waals surface area contributed by atoms with Crippen molar-refractivity contribution >= 4 is 31.9 Å². The Morgan fingerprint density at radius 3 is 2.11 bits per heavy atom. The predicted octanol–water partition coefficient (Wildman–Crippen LogP) is 3.08. The van der Waals surface area contributed by atoms with Crippen LogP contribution >= 0.6 is 15.9 Å². The Bertz CT molecular complexity index is 978. The van der Waals surface area contributed by atoms with E-state index < -0.39 is 26.6 Å². The third kappa shape index (κ3) is 3.53. The zero-order chi connectivity index (χ0) is 19.9. The molecule has 1 aromatic carbocycles. The van der Waals surface area contributed by atoms with Crippen molar-refractivity contribution < 1.29 is 26.4 Å². The summed E-state index contributed by atoms with van der Waals surface area (Å²) in [5.74, 6) is -1.52. The first-order valence-electron chi connectivity index (χ1n) is 8.13. The van der Waals surface area contributed by atoms with Gasteiger partial charge in [0.1, 0.15) is 23.2 Å². The monoisotopic (exact) mass is 462 g/mol. The van der Waals surface area contributed by atoms with Crippen LogP contribution in [0.5, 0.6) is 0 Å². The average Bonchev–Trinajstić information content (AvgIpc) is 2.86. The lowest BCUT2D eigenvalue weighted by Crippen LogP contribution is -2.50. The normalized spacial score (nSPS) is 16.0. The molecule has 6 nitrogen and oxygen atoms in total. The number of halogens is 3. The number of nitrogens with zero attached hydrogens (tertiary/aromatic N) is 2. The molecule has 1 fully saturated rings. The summed E-state index contributed by atoms with van der Waals surface area (Å²) in [5, 5.41) is 0. The number of hydrogen-bond acceptors (Lipinski definition) is 4. The van der Waals surface area contributed by atoms with E-state index in [1.54, 1.807) is 13.8 Å². The molecule has 0 aliphatic carbocycles. The van der Waals surface area contributed by atoms with Crippen molar-refractivity contribution in [2.45, 2.75) is 18.7 Å². The molecule has 3 rings (SSSR count). The van der Waals surface area contributed by atoms with Crippen LogP contribution in [0.1, 0.15) is 21.9 Å². The van der Waals surface area contributed by atoms with Gasteiger partial charge in [0.25, 0.3) is 5.91 Å². The van der Waals surface area contributed by atoms with Gasteiger partial charge in [-0.05, 0) is 41.9 Å². The van der Waals surface area contributed by atoms with Crippen molar-refractivity contribution in [1.82, 2.24) is 9.21 Å². The summed E-state index contributed by atoms with van der Waals surface area (Å²) < 4.78 is 60.0. The first-order chi connectivity index (χ1) is 12.6. The second-order valence-corrected chi connectivity index (χ2v) is 8.82. The van der Waals surface area contributed by atoms with Crippen LogP contribution in [0.25, 0.3) is 0 Å². The molecule has 1 aromatic heterocycles. The molecule has 1 aliphatic heterocycles. The maximum Gasteiger partial charge on any atom is 0.258 e. The molecule has 2 heterocycles. The minimum Gasteiger partial charge on any atom is -0.465 e. The Morgan fingerprint density at radius 2 is 1.63 bits per heavy atom. The van der Waals surface area contributed by atoms with Crippen molar-refractivity contribution in [3.63, 3.8) is 0 Å². The molecule has 2 aromatic rings. The van der Waals surface area contributed by atoms with Gasteiger partial charge in [-0.15, -0.1) is 0 Å². The van der Waals surface area contributed by atoms with Gasteiger partial charge in [0.2, 0.25) is 10.0 Å². The Balaban J connectivity index is 1.78. The minimum atomic E-state index is -4.33. The van der Waals surface area contributed by atoms with Gasteiger partial charge in [-0.3, -0.25) is 4.79 Å². The lowest BCUT2D eigenvalue weighted by atomic mass is 10.2. The first-order valence-corrected chi connectivity index (χ1v) is 10.4. The first kappa shape index (κ1) is 20.0. The van der Waals surface area contributed by atoms with E-state index in [4.69, 9.17) is 4.42 Å². The fourth-order valence-corrected chi connectivity index (χ4v) is 5.11. The van der Waals surface area contributed by atoms with Crippen LogP contribution in [-0.4, -0.2) is 49.7 Å². The van der Waals surface area contributed by atoms with Crippen LogP contribution in [-0.2, 0) is 10.0 Å². The van der Waals surface area contributed by atoms with Gasteiger partial charge in [0.05, 0.1) is 10.0 Å². The highest BCUT2D eigenvalue weighted by Gasteiger charge is 2.35. The number of carbonyl (C=O) groups excluding carboxylic acids is 1. The molecular formula is C17H17BrF2N2O4S. The van der Waals surface area contributed by atoms with Gasteiger partial charge < -0.3 is 9.32 Å². The highest BCUT2D eigenvalue weighted by Crippen LogP contribution is 2.29. The standard InChI is InChI=1S/C17H17BrF2N2O4S/c1-10-14(15(18)11(2)26-10)17(23)21-6-8-22(9-7-21)27(24,25)16-12(19)4-3-5-13(16)20/h3-5H,6-9H2,1-2H3. The Kier molecular flexibility index (Phi) is 5.42. The van der Waals surface area contributed by atoms with Crippen LogP contribution in [0, 0.1) is 25.5 Å². The summed E-state index contributed by atoms with van der Waals surface area (Å²) in [5.41, 5.74) is 0.393. The van der Waals surface area contributed by atoms with Crippen molar-refractivity contribution in [2.24, 2.45) is 0 Å². The second kappa shape index (κ2) is 7.33. The summed E-state index contributed by atoms with van der Waals surface area (Å²) in [6, 6.07) is 2.90. The SMILES string of the molecule is Cc1oc(C)c(C(=O)N2CCN(S(=O)(=O)c3c(F)cccc3F)CC2)c1Br. The summed E-state index contributed by atoms with van der Waals surface area (Å²) in [6.07, 6.45) is 0. The molecule has 0 bridgehead atoms. The molecule has 1 aliphatic rings. The van der Waals surface area contributed by atoms with Crippen LogP contribution in [0.2, 0.25) is 0 Å². The summed E-state index contributed by atoms with van der Waals surface area (Å²) in [6.45, 7) is 3.48. The van der Waals surface area contributed by atoms with Crippen LogP contribution in [0.3, 0.4) is 0 Å². The van der Waals surface area contributed by atoms with Crippen LogP contribution in [0.4, 0.5) is 8.78 Å². The summed E-state index contributed by atoms with van der Waals surface area (Å²) in [7, 11) is -4.33. The Morgan fingerprint density at radius 1 is 1.07 bits per heavy atom. The van der Waals surface area contributed by atoms with E-state index in [2.05, 4.69) is 15.9 Å².